The average Bonchev–Trinajstić information content (AvgIpc) is 1.82. The van der Waals surface area contributed by atoms with Gasteiger partial charge in [-0.25, -0.2) is 4.79 Å². The van der Waals surface area contributed by atoms with Crippen molar-refractivity contribution in [2.75, 3.05) is 6.61 Å². The van der Waals surface area contributed by atoms with E-state index in [1.807, 2.05) is 0 Å². The second kappa shape index (κ2) is 16.3. The molecule has 0 saturated carbocycles. The summed E-state index contributed by atoms with van der Waals surface area (Å²) < 4.78 is 4.21. The molecule has 14 heavy (non-hydrogen) atoms. The molecule has 0 atom stereocenters. The molecular formula is C4H10N2Na2O4S2. The van der Waals surface area contributed by atoms with Crippen LogP contribution in [0.15, 0.2) is 0 Å². The molecule has 0 heterocycles. The molecule has 0 spiro atoms. The zero-order chi connectivity index (χ0) is 10.1. The topological polar surface area (TPSA) is 119 Å². The number of aliphatic hydroxyl groups excluding tert-OH is 1. The fourth-order valence-corrected chi connectivity index (χ4v) is 0.192. The Morgan fingerprint density at radius 2 is 1.50 bits per heavy atom. The quantitative estimate of drug-likeness (QED) is 0.327. The molecule has 0 unspecified atom stereocenters. The zero-order valence-electron chi connectivity index (χ0n) is 5.89. The van der Waals surface area contributed by atoms with Crippen LogP contribution in [0.4, 0.5) is 0 Å². The molecule has 0 aromatic heterocycles. The predicted molar refractivity (Wildman–Crippen MR) is 64.1 cm³/mol. The first-order valence-corrected chi connectivity index (χ1v) is 3.30. The number of aliphatic hydroxyl groups is 1. The van der Waals surface area contributed by atoms with Gasteiger partial charge in [0.1, 0.15) is 0 Å². The summed E-state index contributed by atoms with van der Waals surface area (Å²) in [6.45, 7) is -0.463. The van der Waals surface area contributed by atoms with E-state index in [4.69, 9.17) is 15.9 Å². The van der Waals surface area contributed by atoms with E-state index in [1.165, 1.54) is 0 Å². The molecule has 0 bridgehead atoms. The molecule has 10 heteroatoms. The van der Waals surface area contributed by atoms with Gasteiger partial charge in [0.25, 0.3) is 10.3 Å². The van der Waals surface area contributed by atoms with E-state index in [-0.39, 0.29) is 64.3 Å². The molecule has 0 fully saturated rings. The molecular weight excluding hydrogens is 250 g/mol. The molecule has 0 aromatic carbocycles. The van der Waals surface area contributed by atoms with Crippen molar-refractivity contribution >= 4 is 99.9 Å². The number of thiocarbonyl (C=S) groups is 2. The van der Waals surface area contributed by atoms with Gasteiger partial charge in [-0.05, 0) is 24.4 Å². The summed E-state index contributed by atoms with van der Waals surface area (Å²) in [5.41, 5.74) is 9.18. The van der Waals surface area contributed by atoms with E-state index in [0.717, 1.165) is 0 Å². The van der Waals surface area contributed by atoms with Gasteiger partial charge in [0.05, 0.1) is 0 Å². The molecule has 0 aromatic rings. The number of nitrogens with two attached hydrogens (primary N) is 2. The van der Waals surface area contributed by atoms with Crippen LogP contribution in [-0.4, -0.2) is 92.3 Å². The standard InChI is InChI=1S/C3H5NO3S.CH3NOS.2Na.2H/c4-3(8)7-1-2(5)6;2-1(3)4;;;;/h1H2,(H2,4,8)(H,5,6);(H3,2,3,4);;;;. The Hall–Kier alpha value is 0.850. The Morgan fingerprint density at radius 3 is 1.57 bits per heavy atom. The van der Waals surface area contributed by atoms with Crippen molar-refractivity contribution in [3.05, 3.63) is 0 Å². The monoisotopic (exact) mass is 260 g/mol. The SMILES string of the molecule is NC(=S)OCC(=O)O.NC(O)=S.[NaH].[NaH]. The van der Waals surface area contributed by atoms with Crippen LogP contribution in [0.2, 0.25) is 0 Å². The van der Waals surface area contributed by atoms with E-state index in [1.54, 1.807) is 0 Å². The Bertz CT molecular complexity index is 174. The van der Waals surface area contributed by atoms with Crippen LogP contribution in [0.25, 0.3) is 0 Å². The van der Waals surface area contributed by atoms with Crippen LogP contribution in [0.3, 0.4) is 0 Å². The number of carboxylic acid groups (broad SMARTS) is 1. The summed E-state index contributed by atoms with van der Waals surface area (Å²) in [4.78, 5) is 9.66. The molecule has 0 radical (unpaired) electrons. The average molecular weight is 260 g/mol. The summed E-state index contributed by atoms with van der Waals surface area (Å²) in [5.74, 6) is -1.09. The van der Waals surface area contributed by atoms with Crippen LogP contribution < -0.4 is 11.5 Å². The number of ether oxygens (including phenoxy) is 1. The summed E-state index contributed by atoms with van der Waals surface area (Å²) in [5, 5.41) is 14.7. The van der Waals surface area contributed by atoms with Gasteiger partial charge < -0.3 is 26.4 Å². The molecule has 0 aliphatic rings. The van der Waals surface area contributed by atoms with Gasteiger partial charge in [0.2, 0.25) is 0 Å². The molecule has 74 valence electrons. The summed E-state index contributed by atoms with van der Waals surface area (Å²) >= 11 is 8.08. The van der Waals surface area contributed by atoms with E-state index >= 15 is 0 Å². The van der Waals surface area contributed by atoms with Gasteiger partial charge in [-0.15, -0.1) is 0 Å². The van der Waals surface area contributed by atoms with Crippen LogP contribution >= 0.6 is 24.4 Å². The number of aliphatic carboxylic acids is 1. The van der Waals surface area contributed by atoms with Crippen molar-refractivity contribution in [3.8, 4) is 0 Å². The van der Waals surface area contributed by atoms with Gasteiger partial charge in [0, 0.05) is 0 Å². The number of rotatable bonds is 2. The number of hydrogen-bond acceptors (Lipinski definition) is 4. The summed E-state index contributed by atoms with van der Waals surface area (Å²) in [6.07, 6.45) is 0. The molecule has 0 rings (SSSR count). The first kappa shape index (κ1) is 24.2. The van der Waals surface area contributed by atoms with E-state index in [2.05, 4.69) is 34.9 Å². The maximum absolute atomic E-state index is 9.66. The van der Waals surface area contributed by atoms with Crippen LogP contribution in [0.1, 0.15) is 0 Å². The first-order valence-electron chi connectivity index (χ1n) is 2.48. The maximum atomic E-state index is 9.66. The van der Waals surface area contributed by atoms with Crippen molar-refractivity contribution in [1.29, 1.82) is 0 Å². The van der Waals surface area contributed by atoms with Crippen molar-refractivity contribution < 1.29 is 19.7 Å². The molecule has 6 N–H and O–H groups in total. The van der Waals surface area contributed by atoms with Crippen LogP contribution in [0.5, 0.6) is 0 Å². The molecule has 6 nitrogen and oxygen atoms in total. The fraction of sp³-hybridized carbons (Fsp3) is 0.250. The summed E-state index contributed by atoms with van der Waals surface area (Å²) in [7, 11) is 0. The Morgan fingerprint density at radius 1 is 1.21 bits per heavy atom. The molecule has 0 saturated heterocycles. The van der Waals surface area contributed by atoms with Gasteiger partial charge in [0.15, 0.2) is 6.61 Å². The van der Waals surface area contributed by atoms with Gasteiger partial charge in [-0.3, -0.25) is 0 Å². The van der Waals surface area contributed by atoms with E-state index < -0.39 is 17.8 Å². The minimum atomic E-state index is -1.09. The fourth-order valence-electron chi connectivity index (χ4n) is 0.133. The van der Waals surface area contributed by atoms with E-state index in [0.29, 0.717) is 0 Å². The minimum absolute atomic E-state index is 0. The van der Waals surface area contributed by atoms with Crippen molar-refractivity contribution in [2.45, 2.75) is 0 Å². The number of carboxylic acids is 1. The molecule has 0 aliphatic heterocycles. The number of hydrogen-bond donors (Lipinski definition) is 4. The third-order valence-electron chi connectivity index (χ3n) is 0.338. The van der Waals surface area contributed by atoms with Crippen LogP contribution in [-0.2, 0) is 9.53 Å². The normalized spacial score (nSPS) is 6.29. The second-order valence-electron chi connectivity index (χ2n) is 1.34. The Balaban J connectivity index is -0.0000000733. The molecule has 0 aliphatic carbocycles. The van der Waals surface area contributed by atoms with Gasteiger partial charge in [-0.1, -0.05) is 0 Å². The molecule has 0 amide bonds. The third kappa shape index (κ3) is 52.7. The van der Waals surface area contributed by atoms with Gasteiger partial charge in [-0.2, -0.15) is 0 Å². The van der Waals surface area contributed by atoms with Crippen molar-refractivity contribution in [2.24, 2.45) is 11.5 Å². The number of carbonyl (C=O) groups is 1. The third-order valence-corrected chi connectivity index (χ3v) is 0.456. The zero-order valence-corrected chi connectivity index (χ0v) is 7.52. The Kier molecular flexibility index (Phi) is 28.1. The predicted octanol–water partition coefficient (Wildman–Crippen LogP) is -2.18. The van der Waals surface area contributed by atoms with Crippen molar-refractivity contribution in [1.82, 2.24) is 0 Å². The second-order valence-corrected chi connectivity index (χ2v) is 2.16. The van der Waals surface area contributed by atoms with Gasteiger partial charge >= 0.3 is 65.1 Å². The van der Waals surface area contributed by atoms with E-state index in [9.17, 15) is 4.79 Å². The van der Waals surface area contributed by atoms with Crippen LogP contribution in [0, 0.1) is 0 Å². The summed E-state index contributed by atoms with van der Waals surface area (Å²) in [6, 6.07) is 0. The van der Waals surface area contributed by atoms with Crippen molar-refractivity contribution in [3.63, 3.8) is 0 Å². The first-order chi connectivity index (χ1) is 5.36. The Labute approximate surface area is 136 Å².